The predicted molar refractivity (Wildman–Crippen MR) is 54.3 cm³/mol. The first kappa shape index (κ1) is 9.77. The van der Waals surface area contributed by atoms with Crippen LogP contribution >= 0.6 is 0 Å². The third kappa shape index (κ3) is 1.59. The van der Waals surface area contributed by atoms with Gasteiger partial charge < -0.3 is 4.90 Å². The van der Waals surface area contributed by atoms with Gasteiger partial charge in [-0.25, -0.2) is 10.6 Å². The van der Waals surface area contributed by atoms with Crippen LogP contribution in [0.5, 0.6) is 0 Å². The zero-order chi connectivity index (χ0) is 10.1. The highest BCUT2D eigenvalue weighted by atomic mass is 16.2. The number of hydrogen-bond acceptors (Lipinski definition) is 2. The van der Waals surface area contributed by atoms with E-state index in [1.807, 2.05) is 7.05 Å². The van der Waals surface area contributed by atoms with E-state index in [0.717, 1.165) is 5.92 Å². The Kier molecular flexibility index (Phi) is 2.63. The van der Waals surface area contributed by atoms with Crippen molar-refractivity contribution >= 4 is 6.03 Å². The number of carbonyl (C=O) groups excluding carboxylic acids is 1. The Morgan fingerprint density at radius 1 is 1.36 bits per heavy atom. The summed E-state index contributed by atoms with van der Waals surface area (Å²) in [4.78, 5) is 13.2. The number of hydrogen-bond donors (Lipinski definition) is 2. The maximum absolute atomic E-state index is 11.4. The molecule has 0 aliphatic heterocycles. The summed E-state index contributed by atoms with van der Waals surface area (Å²) in [6.07, 6.45) is 6.47. The highest BCUT2D eigenvalue weighted by Gasteiger charge is 2.38. The van der Waals surface area contributed by atoms with E-state index in [-0.39, 0.29) is 6.03 Å². The number of amides is 2. The average Bonchev–Trinajstić information content (AvgIpc) is 2.28. The molecule has 3 rings (SSSR count). The quantitative estimate of drug-likeness (QED) is 0.375. The molecule has 0 aromatic carbocycles. The minimum absolute atomic E-state index is 0.150. The lowest BCUT2D eigenvalue weighted by atomic mass is 9.67. The molecule has 3 aliphatic rings. The van der Waals surface area contributed by atoms with Gasteiger partial charge in [0.15, 0.2) is 0 Å². The van der Waals surface area contributed by atoms with Crippen LogP contribution in [0, 0.1) is 11.8 Å². The maximum atomic E-state index is 11.4. The largest absolute Gasteiger partial charge is 0.331 e. The van der Waals surface area contributed by atoms with Crippen LogP contribution in [-0.2, 0) is 0 Å². The lowest BCUT2D eigenvalue weighted by molar-refractivity contribution is 0.0656. The fourth-order valence-corrected chi connectivity index (χ4v) is 3.07. The minimum atomic E-state index is -0.150. The van der Waals surface area contributed by atoms with Crippen LogP contribution in [0.3, 0.4) is 0 Å². The standard InChI is InChI=1S/C10H19N3O/c1-13(10(14)12-11)9-6-7-2-4-8(9)5-3-7/h7-9H,2-6,11H2,1H3,(H,12,14). The van der Waals surface area contributed by atoms with Crippen LogP contribution in [0.15, 0.2) is 0 Å². The highest BCUT2D eigenvalue weighted by molar-refractivity contribution is 5.73. The molecule has 0 radical (unpaired) electrons. The average molecular weight is 197 g/mol. The molecule has 0 aromatic heterocycles. The number of rotatable bonds is 1. The van der Waals surface area contributed by atoms with E-state index in [0.29, 0.717) is 12.0 Å². The Bertz CT molecular complexity index is 223. The van der Waals surface area contributed by atoms with Gasteiger partial charge in [0.1, 0.15) is 0 Å². The Balaban J connectivity index is 2.01. The number of nitrogens with zero attached hydrogens (tertiary/aromatic N) is 1. The second kappa shape index (κ2) is 3.77. The summed E-state index contributed by atoms with van der Waals surface area (Å²) in [5.41, 5.74) is 2.21. The van der Waals surface area contributed by atoms with Gasteiger partial charge in [0.05, 0.1) is 0 Å². The Morgan fingerprint density at radius 2 is 2.00 bits per heavy atom. The fraction of sp³-hybridized carbons (Fsp3) is 0.900. The van der Waals surface area contributed by atoms with E-state index in [1.54, 1.807) is 4.90 Å². The van der Waals surface area contributed by atoms with E-state index >= 15 is 0 Å². The van der Waals surface area contributed by atoms with Gasteiger partial charge in [-0.15, -0.1) is 0 Å². The Labute approximate surface area is 84.8 Å². The molecule has 0 saturated heterocycles. The summed E-state index contributed by atoms with van der Waals surface area (Å²) in [5, 5.41) is 0. The van der Waals surface area contributed by atoms with Gasteiger partial charge in [-0.3, -0.25) is 5.43 Å². The molecule has 0 spiro atoms. The number of carbonyl (C=O) groups is 1. The van der Waals surface area contributed by atoms with Gasteiger partial charge in [0, 0.05) is 13.1 Å². The summed E-state index contributed by atoms with van der Waals surface area (Å²) in [7, 11) is 1.85. The van der Waals surface area contributed by atoms with Crippen molar-refractivity contribution in [2.24, 2.45) is 17.7 Å². The number of nitrogens with one attached hydrogen (secondary N) is 1. The van der Waals surface area contributed by atoms with E-state index in [1.165, 1.54) is 32.1 Å². The molecule has 3 saturated carbocycles. The second-order valence-electron chi connectivity index (χ2n) is 4.64. The van der Waals surface area contributed by atoms with Crippen LogP contribution in [0.1, 0.15) is 32.1 Å². The molecule has 3 aliphatic carbocycles. The number of nitrogens with two attached hydrogens (primary N) is 1. The van der Waals surface area contributed by atoms with Crippen LogP contribution in [0.25, 0.3) is 0 Å². The molecule has 0 heterocycles. The topological polar surface area (TPSA) is 58.4 Å². The molecular weight excluding hydrogens is 178 g/mol. The number of urea groups is 1. The molecule has 2 amide bonds. The van der Waals surface area contributed by atoms with Crippen LogP contribution in [0.4, 0.5) is 4.79 Å². The minimum Gasteiger partial charge on any atom is -0.324 e. The van der Waals surface area contributed by atoms with Gasteiger partial charge in [-0.2, -0.15) is 0 Å². The number of hydrazine groups is 1. The summed E-state index contributed by atoms with van der Waals surface area (Å²) in [6.45, 7) is 0. The molecule has 4 nitrogen and oxygen atoms in total. The number of fused-ring (bicyclic) bond motifs is 3. The summed E-state index contributed by atoms with van der Waals surface area (Å²) in [6, 6.07) is 0.272. The van der Waals surface area contributed by atoms with E-state index in [4.69, 9.17) is 5.84 Å². The fourth-order valence-electron chi connectivity index (χ4n) is 3.07. The Morgan fingerprint density at radius 3 is 2.43 bits per heavy atom. The first-order valence-corrected chi connectivity index (χ1v) is 5.45. The van der Waals surface area contributed by atoms with Crippen LogP contribution in [-0.4, -0.2) is 24.0 Å². The SMILES string of the molecule is CN(C(=O)NN)C1CC2CCC1CC2. The van der Waals surface area contributed by atoms with Crippen molar-refractivity contribution in [3.05, 3.63) is 0 Å². The lowest BCUT2D eigenvalue weighted by Gasteiger charge is -2.45. The molecular formula is C10H19N3O. The van der Waals surface area contributed by atoms with Gasteiger partial charge in [-0.1, -0.05) is 12.8 Å². The Hall–Kier alpha value is -0.770. The lowest BCUT2D eigenvalue weighted by Crippen LogP contribution is -2.52. The molecule has 3 fully saturated rings. The van der Waals surface area contributed by atoms with Crippen molar-refractivity contribution in [2.45, 2.75) is 38.1 Å². The first-order valence-electron chi connectivity index (χ1n) is 5.45. The zero-order valence-electron chi connectivity index (χ0n) is 8.70. The third-order valence-electron chi connectivity index (χ3n) is 3.95. The van der Waals surface area contributed by atoms with Crippen molar-refractivity contribution in [3.8, 4) is 0 Å². The predicted octanol–water partition coefficient (Wildman–Crippen LogP) is 1.08. The van der Waals surface area contributed by atoms with Crippen molar-refractivity contribution in [3.63, 3.8) is 0 Å². The van der Waals surface area contributed by atoms with Gasteiger partial charge >= 0.3 is 6.03 Å². The monoisotopic (exact) mass is 197 g/mol. The maximum Gasteiger partial charge on any atom is 0.331 e. The summed E-state index contributed by atoms with van der Waals surface area (Å²) < 4.78 is 0. The highest BCUT2D eigenvalue weighted by Crippen LogP contribution is 2.42. The molecule has 2 bridgehead atoms. The molecule has 1 unspecified atom stereocenters. The first-order chi connectivity index (χ1) is 6.72. The molecule has 14 heavy (non-hydrogen) atoms. The molecule has 0 aromatic rings. The van der Waals surface area contributed by atoms with Gasteiger partial charge in [0.25, 0.3) is 0 Å². The van der Waals surface area contributed by atoms with Crippen LogP contribution < -0.4 is 11.3 Å². The van der Waals surface area contributed by atoms with E-state index in [9.17, 15) is 4.79 Å². The van der Waals surface area contributed by atoms with Crippen molar-refractivity contribution in [1.82, 2.24) is 10.3 Å². The van der Waals surface area contributed by atoms with Crippen LogP contribution in [0.2, 0.25) is 0 Å². The summed E-state index contributed by atoms with van der Waals surface area (Å²) >= 11 is 0. The van der Waals surface area contributed by atoms with E-state index in [2.05, 4.69) is 5.43 Å². The van der Waals surface area contributed by atoms with Crippen molar-refractivity contribution < 1.29 is 4.79 Å². The third-order valence-corrected chi connectivity index (χ3v) is 3.95. The molecule has 4 heteroatoms. The van der Waals surface area contributed by atoms with Crippen molar-refractivity contribution in [2.75, 3.05) is 7.05 Å². The molecule has 3 N–H and O–H groups in total. The van der Waals surface area contributed by atoms with Gasteiger partial charge in [0.2, 0.25) is 0 Å². The normalized spacial score (nSPS) is 35.4. The second-order valence-corrected chi connectivity index (χ2v) is 4.64. The molecule has 1 atom stereocenters. The van der Waals surface area contributed by atoms with Gasteiger partial charge in [-0.05, 0) is 31.1 Å². The van der Waals surface area contributed by atoms with E-state index < -0.39 is 0 Å². The molecule has 80 valence electrons. The van der Waals surface area contributed by atoms with Crippen molar-refractivity contribution in [1.29, 1.82) is 0 Å². The zero-order valence-corrected chi connectivity index (χ0v) is 8.70. The smallest absolute Gasteiger partial charge is 0.324 e. The summed E-state index contributed by atoms with van der Waals surface area (Å²) in [5.74, 6) is 6.69.